The van der Waals surface area contributed by atoms with E-state index in [4.69, 9.17) is 5.10 Å². The molecule has 2 rings (SSSR count). The molecule has 18 heavy (non-hydrogen) atoms. The van der Waals surface area contributed by atoms with Gasteiger partial charge >= 0.3 is 0 Å². The molecule has 3 heteroatoms. The van der Waals surface area contributed by atoms with E-state index < -0.39 is 0 Å². The van der Waals surface area contributed by atoms with Crippen LogP contribution in [-0.4, -0.2) is 15.3 Å². The summed E-state index contributed by atoms with van der Waals surface area (Å²) in [6, 6.07) is 8.48. The Balaban J connectivity index is 2.32. The summed E-state index contributed by atoms with van der Waals surface area (Å²) in [5.74, 6) is 0. The molecule has 0 amide bonds. The Morgan fingerprint density at radius 2 is 1.94 bits per heavy atom. The minimum absolute atomic E-state index is 0.121. The number of para-hydroxylation sites is 1. The third-order valence-electron chi connectivity index (χ3n) is 2.96. The second kappa shape index (κ2) is 5.11. The van der Waals surface area contributed by atoms with Crippen molar-refractivity contribution in [3.05, 3.63) is 30.0 Å². The monoisotopic (exact) mass is 245 g/mol. The van der Waals surface area contributed by atoms with Crippen LogP contribution in [0, 0.1) is 0 Å². The number of hydrogen-bond donors (Lipinski definition) is 1. The minimum atomic E-state index is 0.121. The van der Waals surface area contributed by atoms with E-state index >= 15 is 0 Å². The van der Waals surface area contributed by atoms with Crippen LogP contribution in [-0.2, 0) is 13.1 Å². The van der Waals surface area contributed by atoms with Gasteiger partial charge in [0, 0.05) is 24.0 Å². The molecule has 0 atom stereocenters. The largest absolute Gasteiger partial charge is 0.306 e. The van der Waals surface area contributed by atoms with Crippen molar-refractivity contribution in [2.75, 3.05) is 0 Å². The second-order valence-electron chi connectivity index (χ2n) is 5.79. The molecule has 2 aromatic rings. The standard InChI is InChI=1S/C15H23N3/c1-5-10-18-14-9-7-6-8-12(14)13(17-18)11-16-15(2,3)4/h6-9,16H,5,10-11H2,1-4H3. The number of rotatable bonds is 4. The summed E-state index contributed by atoms with van der Waals surface area (Å²) in [7, 11) is 0. The van der Waals surface area contributed by atoms with Gasteiger partial charge in [0.25, 0.3) is 0 Å². The van der Waals surface area contributed by atoms with Gasteiger partial charge in [-0.15, -0.1) is 0 Å². The molecule has 0 aliphatic heterocycles. The fraction of sp³-hybridized carbons (Fsp3) is 0.533. The van der Waals surface area contributed by atoms with E-state index in [0.29, 0.717) is 0 Å². The Kier molecular flexibility index (Phi) is 3.71. The number of hydrogen-bond acceptors (Lipinski definition) is 2. The highest BCUT2D eigenvalue weighted by atomic mass is 15.3. The van der Waals surface area contributed by atoms with E-state index in [0.717, 1.165) is 25.2 Å². The van der Waals surface area contributed by atoms with Crippen LogP contribution in [0.15, 0.2) is 24.3 Å². The maximum atomic E-state index is 4.74. The zero-order valence-electron chi connectivity index (χ0n) is 11.8. The second-order valence-corrected chi connectivity index (χ2v) is 5.79. The minimum Gasteiger partial charge on any atom is -0.306 e. The molecule has 0 saturated heterocycles. The van der Waals surface area contributed by atoms with Crippen LogP contribution in [0.4, 0.5) is 0 Å². The van der Waals surface area contributed by atoms with E-state index in [-0.39, 0.29) is 5.54 Å². The average molecular weight is 245 g/mol. The summed E-state index contributed by atoms with van der Waals surface area (Å²) < 4.78 is 2.12. The maximum Gasteiger partial charge on any atom is 0.0841 e. The first-order chi connectivity index (χ1) is 8.51. The predicted octanol–water partition coefficient (Wildman–Crippen LogP) is 3.33. The Morgan fingerprint density at radius 3 is 2.61 bits per heavy atom. The number of aromatic nitrogens is 2. The summed E-state index contributed by atoms with van der Waals surface area (Å²) in [6.07, 6.45) is 1.11. The lowest BCUT2D eigenvalue weighted by Crippen LogP contribution is -2.35. The summed E-state index contributed by atoms with van der Waals surface area (Å²) in [5, 5.41) is 9.51. The summed E-state index contributed by atoms with van der Waals surface area (Å²) in [4.78, 5) is 0. The van der Waals surface area contributed by atoms with Gasteiger partial charge < -0.3 is 5.32 Å². The van der Waals surface area contributed by atoms with E-state index in [1.807, 2.05) is 0 Å². The number of nitrogens with zero attached hydrogens (tertiary/aromatic N) is 2. The Hall–Kier alpha value is -1.35. The van der Waals surface area contributed by atoms with Crippen LogP contribution in [0.25, 0.3) is 10.9 Å². The lowest BCUT2D eigenvalue weighted by Gasteiger charge is -2.19. The molecule has 0 fully saturated rings. The number of nitrogens with one attached hydrogen (secondary N) is 1. The van der Waals surface area contributed by atoms with E-state index in [9.17, 15) is 0 Å². The topological polar surface area (TPSA) is 29.9 Å². The first-order valence-electron chi connectivity index (χ1n) is 6.71. The summed E-state index contributed by atoms with van der Waals surface area (Å²) in [5.41, 5.74) is 2.51. The van der Waals surface area contributed by atoms with Gasteiger partial charge in [0.2, 0.25) is 0 Å². The first-order valence-corrected chi connectivity index (χ1v) is 6.71. The van der Waals surface area contributed by atoms with Crippen molar-refractivity contribution in [1.29, 1.82) is 0 Å². The Labute approximate surface area is 109 Å². The predicted molar refractivity (Wildman–Crippen MR) is 76.6 cm³/mol. The highest BCUT2D eigenvalue weighted by Crippen LogP contribution is 2.19. The molecular weight excluding hydrogens is 222 g/mol. The molecular formula is C15H23N3. The zero-order chi connectivity index (χ0) is 13.2. The fourth-order valence-electron chi connectivity index (χ4n) is 2.06. The number of fused-ring (bicyclic) bond motifs is 1. The molecule has 0 radical (unpaired) electrons. The van der Waals surface area contributed by atoms with Crippen molar-refractivity contribution >= 4 is 10.9 Å². The highest BCUT2D eigenvalue weighted by molar-refractivity contribution is 5.81. The molecule has 1 aromatic heterocycles. The quantitative estimate of drug-likeness (QED) is 0.895. The fourth-order valence-corrected chi connectivity index (χ4v) is 2.06. The molecule has 0 unspecified atom stereocenters. The summed E-state index contributed by atoms with van der Waals surface area (Å²) in [6.45, 7) is 10.5. The van der Waals surface area contributed by atoms with Crippen LogP contribution in [0.3, 0.4) is 0 Å². The van der Waals surface area contributed by atoms with E-state index in [1.54, 1.807) is 0 Å². The van der Waals surface area contributed by atoms with Crippen LogP contribution < -0.4 is 5.32 Å². The average Bonchev–Trinajstić information content (AvgIpc) is 2.65. The van der Waals surface area contributed by atoms with Gasteiger partial charge in [0.15, 0.2) is 0 Å². The van der Waals surface area contributed by atoms with Gasteiger partial charge in [-0.2, -0.15) is 5.10 Å². The van der Waals surface area contributed by atoms with Gasteiger partial charge in [0.05, 0.1) is 11.2 Å². The molecule has 0 aliphatic carbocycles. The summed E-state index contributed by atoms with van der Waals surface area (Å²) >= 11 is 0. The SMILES string of the molecule is CCCn1nc(CNC(C)(C)C)c2ccccc21. The van der Waals surface area contributed by atoms with Crippen molar-refractivity contribution < 1.29 is 0 Å². The van der Waals surface area contributed by atoms with Crippen LogP contribution in [0.5, 0.6) is 0 Å². The molecule has 98 valence electrons. The van der Waals surface area contributed by atoms with Crippen LogP contribution in [0.1, 0.15) is 39.8 Å². The Morgan fingerprint density at radius 1 is 1.22 bits per heavy atom. The number of aryl methyl sites for hydroxylation is 1. The van der Waals surface area contributed by atoms with E-state index in [1.165, 1.54) is 10.9 Å². The third kappa shape index (κ3) is 2.91. The smallest absolute Gasteiger partial charge is 0.0841 e. The first kappa shape index (κ1) is 13.1. The van der Waals surface area contributed by atoms with Crippen molar-refractivity contribution in [3.63, 3.8) is 0 Å². The molecule has 0 saturated carbocycles. The zero-order valence-corrected chi connectivity index (χ0v) is 11.8. The molecule has 0 bridgehead atoms. The highest BCUT2D eigenvalue weighted by Gasteiger charge is 2.13. The molecule has 1 N–H and O–H groups in total. The molecule has 0 spiro atoms. The lowest BCUT2D eigenvalue weighted by molar-refractivity contribution is 0.420. The van der Waals surface area contributed by atoms with Crippen molar-refractivity contribution in [2.24, 2.45) is 0 Å². The van der Waals surface area contributed by atoms with Crippen molar-refractivity contribution in [3.8, 4) is 0 Å². The molecule has 3 nitrogen and oxygen atoms in total. The number of benzene rings is 1. The van der Waals surface area contributed by atoms with Gasteiger partial charge in [-0.1, -0.05) is 25.1 Å². The van der Waals surface area contributed by atoms with Gasteiger partial charge in [0.1, 0.15) is 0 Å². The van der Waals surface area contributed by atoms with Crippen molar-refractivity contribution in [1.82, 2.24) is 15.1 Å². The van der Waals surface area contributed by atoms with Gasteiger partial charge in [-0.05, 0) is 33.3 Å². The lowest BCUT2D eigenvalue weighted by atomic mass is 10.1. The van der Waals surface area contributed by atoms with Gasteiger partial charge in [-0.25, -0.2) is 0 Å². The molecule has 0 aliphatic rings. The maximum absolute atomic E-state index is 4.74. The normalized spacial score (nSPS) is 12.2. The van der Waals surface area contributed by atoms with Crippen LogP contribution in [0.2, 0.25) is 0 Å². The van der Waals surface area contributed by atoms with Gasteiger partial charge in [-0.3, -0.25) is 4.68 Å². The van der Waals surface area contributed by atoms with Crippen LogP contribution >= 0.6 is 0 Å². The Bertz CT molecular complexity index is 520. The van der Waals surface area contributed by atoms with Crippen molar-refractivity contribution in [2.45, 2.75) is 52.7 Å². The molecule has 1 heterocycles. The molecule has 1 aromatic carbocycles. The van der Waals surface area contributed by atoms with E-state index in [2.05, 4.69) is 62.0 Å². The third-order valence-corrected chi connectivity index (χ3v) is 2.96.